The number of amides is 1. The second-order valence-corrected chi connectivity index (χ2v) is 5.76. The van der Waals surface area contributed by atoms with Crippen LogP contribution in [0.15, 0.2) is 48.8 Å². The summed E-state index contributed by atoms with van der Waals surface area (Å²) in [5, 5.41) is 1.15. The standard InChI is InChI=1S/C14H12N2.C5H9NO2.C2H6/c1-10-3-2-4-11(7-10)13-8-12-5-6-15-14(12)16-9-13;7-5-6-1-3-8-4-2-6;1-2/h2-9H,1H3,(H,15,16);5H,1-4H2;1-2H3. The third-order valence-corrected chi connectivity index (χ3v) is 3.95. The first kappa shape index (κ1) is 19.7. The van der Waals surface area contributed by atoms with Crippen molar-refractivity contribution >= 4 is 17.4 Å². The Morgan fingerprint density at radius 3 is 2.54 bits per heavy atom. The summed E-state index contributed by atoms with van der Waals surface area (Å²) in [6.07, 6.45) is 4.69. The maximum atomic E-state index is 10.0. The number of nitrogens with one attached hydrogen (secondary N) is 1. The van der Waals surface area contributed by atoms with Crippen LogP contribution in [0.25, 0.3) is 22.2 Å². The Kier molecular flexibility index (Phi) is 7.83. The monoisotopic (exact) mass is 353 g/mol. The van der Waals surface area contributed by atoms with Gasteiger partial charge in [0.25, 0.3) is 0 Å². The number of morpholine rings is 1. The lowest BCUT2D eigenvalue weighted by Gasteiger charge is -2.21. The molecule has 26 heavy (non-hydrogen) atoms. The minimum absolute atomic E-state index is 0.693. The molecule has 5 nitrogen and oxygen atoms in total. The largest absolute Gasteiger partial charge is 0.378 e. The summed E-state index contributed by atoms with van der Waals surface area (Å²) in [6.45, 7) is 9.00. The van der Waals surface area contributed by atoms with Crippen LogP contribution in [0.3, 0.4) is 0 Å². The Labute approximate surface area is 155 Å². The number of carbonyl (C=O) groups is 1. The Bertz CT molecular complexity index is 808. The zero-order valence-corrected chi connectivity index (χ0v) is 15.7. The fourth-order valence-electron chi connectivity index (χ4n) is 2.61. The minimum Gasteiger partial charge on any atom is -0.378 e. The molecule has 1 amide bonds. The molecule has 3 heterocycles. The van der Waals surface area contributed by atoms with Gasteiger partial charge in [-0.25, -0.2) is 4.98 Å². The summed E-state index contributed by atoms with van der Waals surface area (Å²) in [6, 6.07) is 12.7. The topological polar surface area (TPSA) is 58.2 Å². The van der Waals surface area contributed by atoms with Crippen molar-refractivity contribution in [2.45, 2.75) is 20.8 Å². The molecule has 0 aliphatic carbocycles. The van der Waals surface area contributed by atoms with E-state index < -0.39 is 0 Å². The highest BCUT2D eigenvalue weighted by Gasteiger charge is 2.05. The number of hydrogen-bond acceptors (Lipinski definition) is 3. The Morgan fingerprint density at radius 1 is 1.12 bits per heavy atom. The molecule has 3 aromatic rings. The fourth-order valence-corrected chi connectivity index (χ4v) is 2.61. The van der Waals surface area contributed by atoms with Gasteiger partial charge in [0.2, 0.25) is 6.41 Å². The Hall–Kier alpha value is -2.66. The predicted molar refractivity (Wildman–Crippen MR) is 106 cm³/mol. The molecule has 0 spiro atoms. The maximum Gasteiger partial charge on any atom is 0.209 e. The van der Waals surface area contributed by atoms with Crippen molar-refractivity contribution in [3.63, 3.8) is 0 Å². The van der Waals surface area contributed by atoms with Crippen LogP contribution in [0.4, 0.5) is 0 Å². The minimum atomic E-state index is 0.693. The lowest BCUT2D eigenvalue weighted by atomic mass is 10.0. The van der Waals surface area contributed by atoms with Gasteiger partial charge in [-0.3, -0.25) is 4.79 Å². The number of aryl methyl sites for hydroxylation is 1. The van der Waals surface area contributed by atoms with E-state index in [9.17, 15) is 4.79 Å². The van der Waals surface area contributed by atoms with E-state index in [1.54, 1.807) is 4.90 Å². The molecule has 0 unspecified atom stereocenters. The third-order valence-electron chi connectivity index (χ3n) is 3.95. The average Bonchev–Trinajstić information content (AvgIpc) is 3.18. The molecule has 5 heteroatoms. The molecule has 0 saturated carbocycles. The predicted octanol–water partition coefficient (Wildman–Crippen LogP) is 4.04. The number of benzene rings is 1. The quantitative estimate of drug-likeness (QED) is 0.708. The van der Waals surface area contributed by atoms with E-state index in [4.69, 9.17) is 4.74 Å². The van der Waals surface area contributed by atoms with Crippen LogP contribution >= 0.6 is 0 Å². The van der Waals surface area contributed by atoms with Gasteiger partial charge in [0.05, 0.1) is 13.2 Å². The zero-order valence-electron chi connectivity index (χ0n) is 15.7. The lowest BCUT2D eigenvalue weighted by Crippen LogP contribution is -2.34. The van der Waals surface area contributed by atoms with Crippen LogP contribution in [-0.2, 0) is 9.53 Å². The number of nitrogens with zero attached hydrogens (tertiary/aromatic N) is 2. The molecule has 0 radical (unpaired) electrons. The second kappa shape index (κ2) is 10.4. The van der Waals surface area contributed by atoms with Crippen LogP contribution < -0.4 is 0 Å². The number of carbonyl (C=O) groups excluding carboxylic acids is 1. The number of ether oxygens (including phenoxy) is 1. The summed E-state index contributed by atoms with van der Waals surface area (Å²) in [7, 11) is 0. The molecule has 1 aliphatic rings. The van der Waals surface area contributed by atoms with Crippen molar-refractivity contribution in [2.24, 2.45) is 0 Å². The number of rotatable bonds is 2. The van der Waals surface area contributed by atoms with Crippen molar-refractivity contribution in [2.75, 3.05) is 26.3 Å². The van der Waals surface area contributed by atoms with E-state index in [2.05, 4.69) is 47.2 Å². The fraction of sp³-hybridized carbons (Fsp3) is 0.333. The number of aromatic nitrogens is 2. The van der Waals surface area contributed by atoms with Gasteiger partial charge >= 0.3 is 0 Å². The van der Waals surface area contributed by atoms with E-state index in [0.29, 0.717) is 13.2 Å². The van der Waals surface area contributed by atoms with Crippen LogP contribution in [0, 0.1) is 6.92 Å². The molecule has 1 saturated heterocycles. The van der Waals surface area contributed by atoms with E-state index in [-0.39, 0.29) is 0 Å². The summed E-state index contributed by atoms with van der Waals surface area (Å²) < 4.78 is 5.00. The van der Waals surface area contributed by atoms with E-state index in [1.807, 2.05) is 32.3 Å². The Morgan fingerprint density at radius 2 is 1.88 bits per heavy atom. The van der Waals surface area contributed by atoms with E-state index in [1.165, 1.54) is 11.1 Å². The number of fused-ring (bicyclic) bond motifs is 1. The molecule has 4 rings (SSSR count). The molecule has 2 aromatic heterocycles. The molecule has 0 bridgehead atoms. The van der Waals surface area contributed by atoms with Gasteiger partial charge < -0.3 is 14.6 Å². The highest BCUT2D eigenvalue weighted by atomic mass is 16.5. The Balaban J connectivity index is 0.000000206. The first-order valence-electron chi connectivity index (χ1n) is 9.03. The number of hydrogen-bond donors (Lipinski definition) is 1. The van der Waals surface area contributed by atoms with E-state index >= 15 is 0 Å². The van der Waals surface area contributed by atoms with Gasteiger partial charge in [-0.15, -0.1) is 0 Å². The number of aromatic amines is 1. The van der Waals surface area contributed by atoms with Crippen LogP contribution in [0.1, 0.15) is 19.4 Å². The first-order valence-corrected chi connectivity index (χ1v) is 9.03. The van der Waals surface area contributed by atoms with Gasteiger partial charge in [-0.2, -0.15) is 0 Å². The summed E-state index contributed by atoms with van der Waals surface area (Å²) in [5.74, 6) is 0. The lowest BCUT2D eigenvalue weighted by molar-refractivity contribution is -0.121. The van der Waals surface area contributed by atoms with Crippen LogP contribution in [-0.4, -0.2) is 47.6 Å². The molecular formula is C21H27N3O2. The van der Waals surface area contributed by atoms with Gasteiger partial charge in [-0.1, -0.05) is 43.7 Å². The first-order chi connectivity index (χ1) is 12.8. The molecular weight excluding hydrogens is 326 g/mol. The zero-order chi connectivity index (χ0) is 18.8. The van der Waals surface area contributed by atoms with Gasteiger partial charge in [0.15, 0.2) is 0 Å². The third kappa shape index (κ3) is 5.43. The summed E-state index contributed by atoms with van der Waals surface area (Å²) in [4.78, 5) is 19.2. The van der Waals surface area contributed by atoms with Gasteiger partial charge in [0, 0.05) is 36.4 Å². The van der Waals surface area contributed by atoms with Crippen molar-refractivity contribution in [3.8, 4) is 11.1 Å². The van der Waals surface area contributed by atoms with Crippen molar-refractivity contribution in [1.82, 2.24) is 14.9 Å². The normalized spacial score (nSPS) is 13.3. The van der Waals surface area contributed by atoms with Crippen molar-refractivity contribution < 1.29 is 9.53 Å². The number of pyridine rings is 1. The smallest absolute Gasteiger partial charge is 0.209 e. The summed E-state index contributed by atoms with van der Waals surface area (Å²) in [5.41, 5.74) is 4.59. The average molecular weight is 353 g/mol. The highest BCUT2D eigenvalue weighted by molar-refractivity contribution is 5.81. The maximum absolute atomic E-state index is 10.0. The molecule has 1 fully saturated rings. The van der Waals surface area contributed by atoms with Crippen LogP contribution in [0.2, 0.25) is 0 Å². The number of H-pyrrole nitrogens is 1. The summed E-state index contributed by atoms with van der Waals surface area (Å²) >= 11 is 0. The second-order valence-electron chi connectivity index (χ2n) is 5.76. The van der Waals surface area contributed by atoms with Gasteiger partial charge in [0.1, 0.15) is 5.65 Å². The molecule has 138 valence electrons. The molecule has 1 aliphatic heterocycles. The van der Waals surface area contributed by atoms with Crippen molar-refractivity contribution in [3.05, 3.63) is 54.4 Å². The molecule has 0 atom stereocenters. The van der Waals surface area contributed by atoms with Crippen molar-refractivity contribution in [1.29, 1.82) is 0 Å². The van der Waals surface area contributed by atoms with Gasteiger partial charge in [-0.05, 0) is 24.6 Å². The van der Waals surface area contributed by atoms with E-state index in [0.717, 1.165) is 36.1 Å². The SMILES string of the molecule is CC.Cc1cccc(-c2cnc3[nH]ccc3c2)c1.O=CN1CCOCC1. The van der Waals surface area contributed by atoms with Crippen LogP contribution in [0.5, 0.6) is 0 Å². The molecule has 1 N–H and O–H groups in total. The highest BCUT2D eigenvalue weighted by Crippen LogP contribution is 2.22. The molecule has 1 aromatic carbocycles.